The third kappa shape index (κ3) is 3.41. The summed E-state index contributed by atoms with van der Waals surface area (Å²) in [5.41, 5.74) is 4.19. The molecule has 2 aromatic carbocycles. The molecule has 28 heavy (non-hydrogen) atoms. The first-order valence-corrected chi connectivity index (χ1v) is 10.2. The van der Waals surface area contributed by atoms with Crippen molar-refractivity contribution in [2.45, 2.75) is 13.8 Å². The second kappa shape index (κ2) is 7.24. The maximum Gasteiger partial charge on any atom is 0.139 e. The van der Waals surface area contributed by atoms with Gasteiger partial charge in [-0.2, -0.15) is 0 Å². The van der Waals surface area contributed by atoms with Crippen molar-refractivity contribution >= 4 is 51.6 Å². The summed E-state index contributed by atoms with van der Waals surface area (Å²) in [6, 6.07) is 13.3. The second-order valence-electron chi connectivity index (χ2n) is 6.67. The molecule has 0 amide bonds. The molecule has 4 nitrogen and oxygen atoms in total. The van der Waals surface area contributed by atoms with Crippen molar-refractivity contribution in [2.75, 3.05) is 11.4 Å². The quantitative estimate of drug-likeness (QED) is 0.499. The molecule has 0 atom stereocenters. The molecule has 4 rings (SSSR count). The minimum Gasteiger partial charge on any atom is -0.510 e. The third-order valence-corrected chi connectivity index (χ3v) is 6.02. The van der Waals surface area contributed by atoms with Crippen LogP contribution in [0, 0.1) is 19.3 Å². The monoisotopic (exact) mass is 429 g/mol. The highest BCUT2D eigenvalue weighted by molar-refractivity contribution is 7.13. The highest BCUT2D eigenvalue weighted by atomic mass is 35.5. The van der Waals surface area contributed by atoms with Crippen LogP contribution >= 0.6 is 34.5 Å². The molecule has 0 unspecified atom stereocenters. The lowest BCUT2D eigenvalue weighted by Crippen LogP contribution is -2.26. The van der Waals surface area contributed by atoms with Crippen LogP contribution in [0.5, 0.6) is 0 Å². The first kappa shape index (κ1) is 19.0. The SMILES string of the molecule is Cc1ccc(-c2nc(C3=C(O)CN(c4cc(Cl)cc(Cl)c4)C3=N)sc2C)cc1. The van der Waals surface area contributed by atoms with Crippen molar-refractivity contribution < 1.29 is 5.11 Å². The number of rotatable bonds is 3. The van der Waals surface area contributed by atoms with E-state index >= 15 is 0 Å². The van der Waals surface area contributed by atoms with Gasteiger partial charge >= 0.3 is 0 Å². The predicted molar refractivity (Wildman–Crippen MR) is 118 cm³/mol. The number of aromatic nitrogens is 1. The Bertz CT molecular complexity index is 1100. The zero-order valence-corrected chi connectivity index (χ0v) is 17.6. The van der Waals surface area contributed by atoms with E-state index < -0.39 is 0 Å². The average molecular weight is 430 g/mol. The number of hydrogen-bond acceptors (Lipinski definition) is 4. The van der Waals surface area contributed by atoms with Crippen LogP contribution in [0.3, 0.4) is 0 Å². The van der Waals surface area contributed by atoms with Gasteiger partial charge in [0.25, 0.3) is 0 Å². The number of nitrogens with one attached hydrogen (secondary N) is 1. The van der Waals surface area contributed by atoms with E-state index in [1.165, 1.54) is 16.9 Å². The molecule has 142 valence electrons. The van der Waals surface area contributed by atoms with E-state index in [0.29, 0.717) is 26.3 Å². The van der Waals surface area contributed by atoms with Crippen molar-refractivity contribution in [2.24, 2.45) is 0 Å². The molecule has 0 aliphatic carbocycles. The lowest BCUT2D eigenvalue weighted by Gasteiger charge is -2.19. The molecular weight excluding hydrogens is 413 g/mol. The number of nitrogens with zero attached hydrogens (tertiary/aromatic N) is 2. The molecule has 7 heteroatoms. The Labute approximate surface area is 177 Å². The van der Waals surface area contributed by atoms with Crippen LogP contribution in [-0.4, -0.2) is 22.5 Å². The zero-order chi connectivity index (χ0) is 20.0. The first-order valence-electron chi connectivity index (χ1n) is 8.63. The number of benzene rings is 2. The van der Waals surface area contributed by atoms with Gasteiger partial charge in [0.05, 0.1) is 17.8 Å². The predicted octanol–water partition coefficient (Wildman–Crippen LogP) is 6.50. The van der Waals surface area contributed by atoms with E-state index in [1.807, 2.05) is 38.1 Å². The average Bonchev–Trinajstić information content (AvgIpc) is 3.14. The van der Waals surface area contributed by atoms with Gasteiger partial charge in [-0.15, -0.1) is 11.3 Å². The van der Waals surface area contributed by atoms with Crippen LogP contribution in [0.4, 0.5) is 5.69 Å². The molecule has 0 fully saturated rings. The van der Waals surface area contributed by atoms with E-state index in [2.05, 4.69) is 0 Å². The van der Waals surface area contributed by atoms with E-state index in [1.54, 1.807) is 23.1 Å². The molecule has 0 saturated carbocycles. The summed E-state index contributed by atoms with van der Waals surface area (Å²) < 4.78 is 0. The minimum atomic E-state index is 0.116. The molecule has 2 heterocycles. The third-order valence-electron chi connectivity index (χ3n) is 4.60. The van der Waals surface area contributed by atoms with Crippen LogP contribution in [0.25, 0.3) is 16.8 Å². The van der Waals surface area contributed by atoms with Crippen LogP contribution in [-0.2, 0) is 0 Å². The number of aliphatic hydroxyl groups is 1. The summed E-state index contributed by atoms with van der Waals surface area (Å²) in [6.45, 7) is 4.23. The van der Waals surface area contributed by atoms with Gasteiger partial charge in [0.1, 0.15) is 16.6 Å². The number of halogens is 2. The lowest BCUT2D eigenvalue weighted by atomic mass is 10.1. The van der Waals surface area contributed by atoms with Gasteiger partial charge in [-0.3, -0.25) is 5.41 Å². The maximum absolute atomic E-state index is 10.6. The Kier molecular flexibility index (Phi) is 4.91. The molecule has 2 N–H and O–H groups in total. The van der Waals surface area contributed by atoms with Gasteiger partial charge < -0.3 is 10.0 Å². The first-order chi connectivity index (χ1) is 13.3. The topological polar surface area (TPSA) is 60.2 Å². The molecule has 0 spiro atoms. The van der Waals surface area contributed by atoms with Crippen LogP contribution in [0.2, 0.25) is 10.0 Å². The fraction of sp³-hybridized carbons (Fsp3) is 0.143. The Morgan fingerprint density at radius 2 is 1.71 bits per heavy atom. The summed E-state index contributed by atoms with van der Waals surface area (Å²) in [5.74, 6) is 0.297. The van der Waals surface area contributed by atoms with Crippen molar-refractivity contribution in [3.63, 3.8) is 0 Å². The highest BCUT2D eigenvalue weighted by Crippen LogP contribution is 2.37. The number of thiazole rings is 1. The molecule has 3 aromatic rings. The molecule has 1 aliphatic heterocycles. The van der Waals surface area contributed by atoms with E-state index in [-0.39, 0.29) is 18.1 Å². The van der Waals surface area contributed by atoms with Crippen molar-refractivity contribution in [3.05, 3.63) is 73.7 Å². The standard InChI is InChI=1S/C21H17Cl2N3OS/c1-11-3-5-13(6-4-11)19-12(2)28-21(25-19)18-17(27)10-26(20(18)24)16-8-14(22)7-15(23)9-16/h3-9,24,27H,10H2,1-2H3. The normalized spacial score (nSPS) is 14.3. The van der Waals surface area contributed by atoms with Gasteiger partial charge in [-0.25, -0.2) is 4.98 Å². The Morgan fingerprint density at radius 3 is 2.36 bits per heavy atom. The number of aryl methyl sites for hydroxylation is 2. The molecule has 0 saturated heterocycles. The summed E-state index contributed by atoms with van der Waals surface area (Å²) in [6.07, 6.45) is 0. The number of aliphatic hydroxyl groups excluding tert-OH is 1. The largest absolute Gasteiger partial charge is 0.510 e. The molecule has 0 bridgehead atoms. The van der Waals surface area contributed by atoms with Gasteiger partial charge in [-0.05, 0) is 32.0 Å². The Balaban J connectivity index is 1.70. The number of anilines is 1. The van der Waals surface area contributed by atoms with Crippen molar-refractivity contribution in [1.82, 2.24) is 4.98 Å². The van der Waals surface area contributed by atoms with E-state index in [4.69, 9.17) is 33.6 Å². The van der Waals surface area contributed by atoms with Gasteiger partial charge in [0.15, 0.2) is 0 Å². The smallest absolute Gasteiger partial charge is 0.139 e. The summed E-state index contributed by atoms with van der Waals surface area (Å²) >= 11 is 13.7. The van der Waals surface area contributed by atoms with E-state index in [9.17, 15) is 5.11 Å². The van der Waals surface area contributed by atoms with Gasteiger partial charge in [0.2, 0.25) is 0 Å². The Morgan fingerprint density at radius 1 is 1.07 bits per heavy atom. The molecular formula is C21H17Cl2N3OS. The zero-order valence-electron chi connectivity index (χ0n) is 15.3. The highest BCUT2D eigenvalue weighted by Gasteiger charge is 2.32. The number of amidine groups is 1. The lowest BCUT2D eigenvalue weighted by molar-refractivity contribution is 0.411. The van der Waals surface area contributed by atoms with Crippen LogP contribution < -0.4 is 4.90 Å². The second-order valence-corrected chi connectivity index (χ2v) is 8.75. The maximum atomic E-state index is 10.6. The molecule has 1 aliphatic rings. The fourth-order valence-corrected chi connectivity index (χ4v) is 4.72. The van der Waals surface area contributed by atoms with Crippen LogP contribution in [0.15, 0.2) is 48.2 Å². The number of hydrogen-bond donors (Lipinski definition) is 2. The summed E-state index contributed by atoms with van der Waals surface area (Å²) in [5, 5.41) is 20.8. The fourth-order valence-electron chi connectivity index (χ4n) is 3.20. The minimum absolute atomic E-state index is 0.116. The van der Waals surface area contributed by atoms with E-state index in [0.717, 1.165) is 16.1 Å². The molecule has 0 radical (unpaired) electrons. The van der Waals surface area contributed by atoms with Crippen LogP contribution in [0.1, 0.15) is 15.4 Å². The Hall–Kier alpha value is -2.34. The summed E-state index contributed by atoms with van der Waals surface area (Å²) in [4.78, 5) is 7.45. The van der Waals surface area contributed by atoms with Gasteiger partial charge in [-0.1, -0.05) is 53.0 Å². The van der Waals surface area contributed by atoms with Crippen molar-refractivity contribution in [1.29, 1.82) is 5.41 Å². The molecule has 1 aromatic heterocycles. The van der Waals surface area contributed by atoms with Crippen molar-refractivity contribution in [3.8, 4) is 11.3 Å². The van der Waals surface area contributed by atoms with Gasteiger partial charge in [0, 0.05) is 26.2 Å². The summed E-state index contributed by atoms with van der Waals surface area (Å²) in [7, 11) is 0.